The zero-order valence-corrected chi connectivity index (χ0v) is 20.0. The summed E-state index contributed by atoms with van der Waals surface area (Å²) in [5.41, 5.74) is 5.39. The van der Waals surface area contributed by atoms with E-state index >= 15 is 0 Å². The lowest BCUT2D eigenvalue weighted by Gasteiger charge is -2.31. The van der Waals surface area contributed by atoms with Crippen molar-refractivity contribution in [2.24, 2.45) is 12.8 Å². The molecule has 0 spiro atoms. The average Bonchev–Trinajstić information content (AvgIpc) is 3.23. The minimum Gasteiger partial charge on any atom is -0.341 e. The minimum atomic E-state index is -4.42. The summed E-state index contributed by atoms with van der Waals surface area (Å²) in [5, 5.41) is 0. The van der Waals surface area contributed by atoms with Crippen LogP contribution in [0, 0.1) is 11.8 Å². The Bertz CT molecular complexity index is 1470. The van der Waals surface area contributed by atoms with Gasteiger partial charge in [-0.3, -0.25) is 18.5 Å². The molecule has 0 bridgehead atoms. The number of fused-ring (bicyclic) bond motifs is 1. The highest BCUT2D eigenvalue weighted by atomic mass is 19.4. The Hall–Kier alpha value is -3.78. The summed E-state index contributed by atoms with van der Waals surface area (Å²) in [5.74, 6) is 6.36. The van der Waals surface area contributed by atoms with Gasteiger partial charge in [0.1, 0.15) is 0 Å². The number of nitrogens with zero attached hydrogens (tertiary/aromatic N) is 5. The molecule has 2 aromatic heterocycles. The van der Waals surface area contributed by atoms with Gasteiger partial charge in [-0.25, -0.2) is 4.79 Å². The van der Waals surface area contributed by atoms with Crippen molar-refractivity contribution in [1.82, 2.24) is 18.7 Å². The summed E-state index contributed by atoms with van der Waals surface area (Å²) in [4.78, 5) is 33.2. The third-order valence-corrected chi connectivity index (χ3v) is 6.20. The molecule has 1 aliphatic rings. The van der Waals surface area contributed by atoms with Gasteiger partial charge >= 0.3 is 11.9 Å². The van der Waals surface area contributed by atoms with Gasteiger partial charge in [-0.2, -0.15) is 18.2 Å². The van der Waals surface area contributed by atoms with Crippen LogP contribution in [0.15, 0.2) is 39.9 Å². The number of aromatic nitrogens is 4. The molecule has 8 nitrogen and oxygen atoms in total. The molecule has 3 aromatic rings. The second-order valence-electron chi connectivity index (χ2n) is 8.72. The van der Waals surface area contributed by atoms with Gasteiger partial charge in [0.2, 0.25) is 5.95 Å². The van der Waals surface area contributed by atoms with Crippen molar-refractivity contribution in [3.8, 4) is 11.8 Å². The number of imidazole rings is 1. The smallest absolute Gasteiger partial charge is 0.341 e. The summed E-state index contributed by atoms with van der Waals surface area (Å²) < 4.78 is 42.5. The molecule has 11 heteroatoms. The van der Waals surface area contributed by atoms with E-state index < -0.39 is 23.0 Å². The Labute approximate surface area is 205 Å². The number of halogens is 3. The monoisotopic (exact) mass is 500 g/mol. The highest BCUT2D eigenvalue weighted by Gasteiger charge is 2.30. The van der Waals surface area contributed by atoms with Crippen LogP contribution in [0.5, 0.6) is 0 Å². The first kappa shape index (κ1) is 25.3. The van der Waals surface area contributed by atoms with E-state index in [1.807, 2.05) is 4.90 Å². The van der Waals surface area contributed by atoms with Gasteiger partial charge in [-0.1, -0.05) is 30.2 Å². The minimum absolute atomic E-state index is 0.0138. The van der Waals surface area contributed by atoms with Crippen molar-refractivity contribution in [1.29, 1.82) is 0 Å². The maximum atomic E-state index is 13.5. The predicted octanol–water partition coefficient (Wildman–Crippen LogP) is 2.58. The normalized spacial score (nSPS) is 16.5. The number of anilines is 1. The number of nitrogens with two attached hydrogens (primary N) is 1. The molecule has 0 amide bonds. The number of hydrogen-bond acceptors (Lipinski definition) is 5. The Morgan fingerprint density at radius 1 is 1.19 bits per heavy atom. The Balaban J connectivity index is 1.73. The molecule has 1 saturated heterocycles. The lowest BCUT2D eigenvalue weighted by Crippen LogP contribution is -2.44. The Morgan fingerprint density at radius 2 is 1.92 bits per heavy atom. The molecule has 36 heavy (non-hydrogen) atoms. The molecule has 2 N–H and O–H groups in total. The lowest BCUT2D eigenvalue weighted by atomic mass is 10.1. The van der Waals surface area contributed by atoms with Gasteiger partial charge < -0.3 is 10.6 Å². The number of rotatable bonds is 5. The molecule has 1 aliphatic heterocycles. The van der Waals surface area contributed by atoms with Crippen LogP contribution in [0.1, 0.15) is 30.9 Å². The summed E-state index contributed by atoms with van der Waals surface area (Å²) in [6, 6.07) is 4.62. The second kappa shape index (κ2) is 10.1. The molecule has 1 fully saturated rings. The van der Waals surface area contributed by atoms with Gasteiger partial charge in [-0.15, -0.1) is 5.92 Å². The molecule has 4 rings (SSSR count). The molecule has 3 heterocycles. The van der Waals surface area contributed by atoms with Gasteiger partial charge in [0.25, 0.3) is 5.56 Å². The van der Waals surface area contributed by atoms with Crippen molar-refractivity contribution in [2.75, 3.05) is 18.0 Å². The van der Waals surface area contributed by atoms with Gasteiger partial charge in [0, 0.05) is 32.7 Å². The fourth-order valence-electron chi connectivity index (χ4n) is 4.34. The van der Waals surface area contributed by atoms with Gasteiger partial charge in [0.15, 0.2) is 11.2 Å². The van der Waals surface area contributed by atoms with Crippen LogP contribution in [0.3, 0.4) is 0 Å². The predicted molar refractivity (Wildman–Crippen MR) is 133 cm³/mol. The van der Waals surface area contributed by atoms with Crippen molar-refractivity contribution in [3.05, 3.63) is 62.3 Å². The highest BCUT2D eigenvalue weighted by molar-refractivity contribution is 5.75. The number of benzene rings is 1. The summed E-state index contributed by atoms with van der Waals surface area (Å²) in [7, 11) is 1.55. The summed E-state index contributed by atoms with van der Waals surface area (Å²) in [6.45, 7) is 3.19. The molecule has 0 radical (unpaired) electrons. The van der Waals surface area contributed by atoms with E-state index in [9.17, 15) is 22.8 Å². The van der Waals surface area contributed by atoms with Gasteiger partial charge in [-0.05, 0) is 37.5 Å². The average molecular weight is 501 g/mol. The zero-order chi connectivity index (χ0) is 26.0. The molecular formula is C25H27F3N6O2. The highest BCUT2D eigenvalue weighted by Crippen LogP contribution is 2.29. The maximum Gasteiger partial charge on any atom is 0.416 e. The summed E-state index contributed by atoms with van der Waals surface area (Å²) in [6.07, 6.45) is 0.509. The van der Waals surface area contributed by atoms with Crippen LogP contribution >= 0.6 is 0 Å². The maximum absolute atomic E-state index is 13.5. The van der Waals surface area contributed by atoms with E-state index in [0.717, 1.165) is 36.1 Å². The van der Waals surface area contributed by atoms with Crippen LogP contribution in [0.25, 0.3) is 17.2 Å². The molecule has 190 valence electrons. The molecular weight excluding hydrogens is 473 g/mol. The fraction of sp³-hybridized carbons (Fsp3) is 0.400. The Morgan fingerprint density at radius 3 is 2.56 bits per heavy atom. The summed E-state index contributed by atoms with van der Waals surface area (Å²) >= 11 is 0. The lowest BCUT2D eigenvalue weighted by molar-refractivity contribution is -0.137. The number of hydrogen-bond donors (Lipinski definition) is 1. The second-order valence-corrected chi connectivity index (χ2v) is 8.72. The van der Waals surface area contributed by atoms with Crippen LogP contribution in [-0.4, -0.2) is 37.8 Å². The van der Waals surface area contributed by atoms with Crippen molar-refractivity contribution in [3.63, 3.8) is 0 Å². The quantitative estimate of drug-likeness (QED) is 0.544. The fourth-order valence-corrected chi connectivity index (χ4v) is 4.34. The number of alkyl halides is 3. The third kappa shape index (κ3) is 4.95. The van der Waals surface area contributed by atoms with Crippen molar-refractivity contribution >= 4 is 23.2 Å². The van der Waals surface area contributed by atoms with Crippen LogP contribution in [0.4, 0.5) is 19.1 Å². The van der Waals surface area contributed by atoms with E-state index in [2.05, 4.69) is 16.8 Å². The van der Waals surface area contributed by atoms with Crippen molar-refractivity contribution < 1.29 is 13.2 Å². The third-order valence-electron chi connectivity index (χ3n) is 6.20. The SMILES string of the molecule is CC#CCn1c(N2CCCC(N)C2)nc2c1c(=O)n(CC=Cc1ccc(C(F)(F)F)cc1)c(=O)n2C. The number of piperidine rings is 1. The first-order valence-electron chi connectivity index (χ1n) is 11.6. The zero-order valence-electron chi connectivity index (χ0n) is 20.0. The molecule has 1 unspecified atom stereocenters. The van der Waals surface area contributed by atoms with E-state index in [-0.39, 0.29) is 30.3 Å². The molecule has 0 aliphatic carbocycles. The molecule has 1 atom stereocenters. The van der Waals surface area contributed by atoms with Gasteiger partial charge in [0.05, 0.1) is 12.1 Å². The van der Waals surface area contributed by atoms with E-state index in [1.165, 1.54) is 16.7 Å². The van der Waals surface area contributed by atoms with E-state index in [4.69, 9.17) is 5.73 Å². The number of aryl methyl sites for hydroxylation is 1. The number of allylic oxidation sites excluding steroid dienone is 1. The van der Waals surface area contributed by atoms with E-state index in [0.29, 0.717) is 18.1 Å². The largest absolute Gasteiger partial charge is 0.416 e. The first-order chi connectivity index (χ1) is 17.1. The van der Waals surface area contributed by atoms with Crippen LogP contribution < -0.4 is 21.9 Å². The topological polar surface area (TPSA) is 91.1 Å². The Kier molecular flexibility index (Phi) is 7.08. The molecule has 1 aromatic carbocycles. The van der Waals surface area contributed by atoms with Crippen LogP contribution in [0.2, 0.25) is 0 Å². The molecule has 0 saturated carbocycles. The van der Waals surface area contributed by atoms with E-state index in [1.54, 1.807) is 30.7 Å². The van der Waals surface area contributed by atoms with Crippen LogP contribution in [-0.2, 0) is 26.3 Å². The standard InChI is InChI=1S/C25H27F3N6O2/c1-3-4-14-33-20-21(30-23(33)32-13-6-8-19(29)16-32)31(2)24(36)34(22(20)35)15-5-7-17-9-11-18(12-10-17)25(26,27)28/h5,7,9-12,19H,6,8,13-16,29H2,1-2H3. The van der Waals surface area contributed by atoms with Crippen molar-refractivity contribution in [2.45, 2.75) is 45.1 Å². The first-order valence-corrected chi connectivity index (χ1v) is 11.6.